The molecule has 2 fully saturated rings. The Labute approximate surface area is 255 Å². The third-order valence-corrected chi connectivity index (χ3v) is 9.53. The molecule has 7 nitrogen and oxygen atoms in total. The van der Waals surface area contributed by atoms with Crippen LogP contribution >= 0.6 is 0 Å². The van der Waals surface area contributed by atoms with Crippen LogP contribution in [0.5, 0.6) is 0 Å². The van der Waals surface area contributed by atoms with Gasteiger partial charge in [-0.3, -0.25) is 0 Å². The molecule has 0 aliphatic carbocycles. The summed E-state index contributed by atoms with van der Waals surface area (Å²) in [6.45, 7) is 4.09. The Morgan fingerprint density at radius 1 is 0.690 bits per heavy atom. The molecule has 3 aliphatic rings. The Morgan fingerprint density at radius 2 is 1.14 bits per heavy atom. The molecule has 7 heteroatoms. The maximum absolute atomic E-state index is 11.7. The molecule has 0 aromatic rings. The van der Waals surface area contributed by atoms with Gasteiger partial charge >= 0.3 is 5.97 Å². The second-order valence-electron chi connectivity index (χ2n) is 13.3. The first-order valence-electron chi connectivity index (χ1n) is 17.6. The van der Waals surface area contributed by atoms with Crippen molar-refractivity contribution >= 4 is 5.97 Å². The van der Waals surface area contributed by atoms with Crippen molar-refractivity contribution in [3.8, 4) is 0 Å². The van der Waals surface area contributed by atoms with Crippen molar-refractivity contribution in [3.05, 3.63) is 11.6 Å². The number of ether oxygens (including phenoxy) is 3. The highest BCUT2D eigenvalue weighted by atomic mass is 16.6. The maximum atomic E-state index is 11.7. The lowest BCUT2D eigenvalue weighted by Crippen LogP contribution is -2.33. The van der Waals surface area contributed by atoms with Crippen LogP contribution in [-0.2, 0) is 19.0 Å². The zero-order valence-electron chi connectivity index (χ0n) is 26.7. The number of hydrogen-bond acceptors (Lipinski definition) is 7. The summed E-state index contributed by atoms with van der Waals surface area (Å²) < 4.78 is 17.6. The fourth-order valence-electron chi connectivity index (χ4n) is 6.93. The predicted octanol–water partition coefficient (Wildman–Crippen LogP) is 7.08. The topological polar surface area (TPSA) is 105 Å². The number of esters is 1. The van der Waals surface area contributed by atoms with Gasteiger partial charge in [0.2, 0.25) is 0 Å². The van der Waals surface area contributed by atoms with E-state index in [1.54, 1.807) is 6.08 Å². The highest BCUT2D eigenvalue weighted by Crippen LogP contribution is 2.34. The second kappa shape index (κ2) is 20.1. The van der Waals surface area contributed by atoms with Crippen molar-refractivity contribution in [2.24, 2.45) is 0 Å². The van der Waals surface area contributed by atoms with E-state index in [1.165, 1.54) is 57.8 Å². The zero-order valence-corrected chi connectivity index (χ0v) is 26.7. The minimum absolute atomic E-state index is 0.0240. The number of aliphatic hydroxyl groups excluding tert-OH is 3. The molecule has 0 bridgehead atoms. The Morgan fingerprint density at radius 3 is 1.60 bits per heavy atom. The minimum Gasteiger partial charge on any atom is -0.455 e. The lowest BCUT2D eigenvalue weighted by Gasteiger charge is -2.24. The lowest BCUT2D eigenvalue weighted by molar-refractivity contribution is -0.139. The molecule has 3 rings (SSSR count). The fraction of sp³-hybridized carbons (Fsp3) is 0.914. The minimum atomic E-state index is -0.512. The molecule has 0 aromatic heterocycles. The van der Waals surface area contributed by atoms with Crippen molar-refractivity contribution in [3.63, 3.8) is 0 Å². The van der Waals surface area contributed by atoms with Crippen LogP contribution in [0.1, 0.15) is 155 Å². The van der Waals surface area contributed by atoms with Gasteiger partial charge in [0.05, 0.1) is 42.7 Å². The lowest BCUT2D eigenvalue weighted by atomic mass is 9.99. The van der Waals surface area contributed by atoms with Crippen molar-refractivity contribution in [2.75, 3.05) is 0 Å². The monoisotopic (exact) mass is 594 g/mol. The van der Waals surface area contributed by atoms with Crippen LogP contribution in [0.3, 0.4) is 0 Å². The molecule has 8 atom stereocenters. The normalized spacial score (nSPS) is 28.2. The first kappa shape index (κ1) is 35.5. The van der Waals surface area contributed by atoms with E-state index in [-0.39, 0.29) is 42.6 Å². The highest BCUT2D eigenvalue weighted by Gasteiger charge is 2.40. The molecule has 0 aromatic carbocycles. The molecule has 3 aliphatic heterocycles. The highest BCUT2D eigenvalue weighted by molar-refractivity contribution is 5.90. The zero-order chi connectivity index (χ0) is 30.2. The van der Waals surface area contributed by atoms with Crippen LogP contribution in [0, 0.1) is 0 Å². The predicted molar refractivity (Wildman–Crippen MR) is 166 cm³/mol. The van der Waals surface area contributed by atoms with Gasteiger partial charge in [0.15, 0.2) is 0 Å². The number of cyclic esters (lactones) is 1. The number of hydrogen-bond donors (Lipinski definition) is 3. The fourth-order valence-corrected chi connectivity index (χ4v) is 6.93. The number of carbonyl (C=O) groups is 1. The Bertz CT molecular complexity index is 770. The van der Waals surface area contributed by atoms with Crippen molar-refractivity contribution in [1.29, 1.82) is 0 Å². The van der Waals surface area contributed by atoms with E-state index >= 15 is 0 Å². The largest absolute Gasteiger partial charge is 0.455 e. The summed E-state index contributed by atoms with van der Waals surface area (Å²) in [5.41, 5.74) is 0.590. The Hall–Kier alpha value is -0.990. The first-order valence-corrected chi connectivity index (χ1v) is 17.6. The third-order valence-electron chi connectivity index (χ3n) is 9.53. The Balaban J connectivity index is 1.17. The van der Waals surface area contributed by atoms with Gasteiger partial charge < -0.3 is 29.5 Å². The van der Waals surface area contributed by atoms with Crippen molar-refractivity contribution in [1.82, 2.24) is 0 Å². The third kappa shape index (κ3) is 12.9. The average molecular weight is 595 g/mol. The quantitative estimate of drug-likeness (QED) is 0.0858. The van der Waals surface area contributed by atoms with Crippen LogP contribution in [0.25, 0.3) is 0 Å². The van der Waals surface area contributed by atoms with Gasteiger partial charge in [0, 0.05) is 12.0 Å². The summed E-state index contributed by atoms with van der Waals surface area (Å²) >= 11 is 0. The molecule has 3 N–H and O–H groups in total. The summed E-state index contributed by atoms with van der Waals surface area (Å²) in [6.07, 6.45) is 23.2. The van der Waals surface area contributed by atoms with Crippen LogP contribution in [0.4, 0.5) is 0 Å². The summed E-state index contributed by atoms with van der Waals surface area (Å²) in [4.78, 5) is 11.7. The summed E-state index contributed by atoms with van der Waals surface area (Å²) in [5.74, 6) is -0.302. The van der Waals surface area contributed by atoms with E-state index in [0.717, 1.165) is 70.6 Å². The van der Waals surface area contributed by atoms with E-state index in [4.69, 9.17) is 14.2 Å². The molecule has 0 amide bonds. The average Bonchev–Trinajstić information content (AvgIpc) is 3.72. The summed E-state index contributed by atoms with van der Waals surface area (Å²) in [7, 11) is 0. The van der Waals surface area contributed by atoms with Gasteiger partial charge in [0.1, 0.15) is 6.10 Å². The number of aliphatic hydroxyl groups is 3. The molecule has 0 spiro atoms. The molecule has 42 heavy (non-hydrogen) atoms. The van der Waals surface area contributed by atoms with Gasteiger partial charge in [-0.05, 0) is 57.9 Å². The van der Waals surface area contributed by atoms with Gasteiger partial charge in [-0.2, -0.15) is 0 Å². The summed E-state index contributed by atoms with van der Waals surface area (Å²) in [5, 5.41) is 31.7. The number of unbranched alkanes of at least 4 members (excludes halogenated alkanes) is 12. The Kier molecular flexibility index (Phi) is 17.0. The number of carbonyl (C=O) groups excluding carboxylic acids is 1. The molecule has 2 saturated heterocycles. The van der Waals surface area contributed by atoms with Crippen LogP contribution in [-0.4, -0.2) is 70.1 Å². The van der Waals surface area contributed by atoms with Gasteiger partial charge in [-0.25, -0.2) is 4.79 Å². The standard InChI is InChI=1S/C35H62O7/c1-3-4-5-6-7-8-9-10-11-15-18-29(37)31-20-22-33(41-31)34-23-21-32(42-34)30(38)19-16-13-12-14-17-28(36)25-27-24-26(2)40-35(27)39/h24,26,28-34,36-38H,3-23,25H2,1-2H3/t26-,28+,29+,30+,31+,32+,33+,34+/m0/s1. The molecular weight excluding hydrogens is 532 g/mol. The van der Waals surface area contributed by atoms with E-state index in [0.29, 0.717) is 18.4 Å². The van der Waals surface area contributed by atoms with Gasteiger partial charge in [0.25, 0.3) is 0 Å². The molecule has 0 radical (unpaired) electrons. The van der Waals surface area contributed by atoms with E-state index in [1.807, 2.05) is 6.92 Å². The second-order valence-corrected chi connectivity index (χ2v) is 13.3. The SMILES string of the molecule is CCCCCCCCCCCC[C@@H](O)[C@H]1CC[C@H]([C@H]2CC[C@H]([C@H](O)CCCCCC[C@@H](O)CC3=C[C@H](C)OC3=O)O2)O1. The van der Waals surface area contributed by atoms with E-state index in [9.17, 15) is 20.1 Å². The van der Waals surface area contributed by atoms with Crippen LogP contribution < -0.4 is 0 Å². The maximum Gasteiger partial charge on any atom is 0.334 e. The van der Waals surface area contributed by atoms with E-state index in [2.05, 4.69) is 6.92 Å². The van der Waals surface area contributed by atoms with Crippen LogP contribution in [0.15, 0.2) is 11.6 Å². The molecule has 3 heterocycles. The molecular formula is C35H62O7. The van der Waals surface area contributed by atoms with Crippen LogP contribution in [0.2, 0.25) is 0 Å². The van der Waals surface area contributed by atoms with Gasteiger partial charge in [-0.15, -0.1) is 0 Å². The van der Waals surface area contributed by atoms with Gasteiger partial charge in [-0.1, -0.05) is 96.8 Å². The van der Waals surface area contributed by atoms with E-state index < -0.39 is 12.2 Å². The summed E-state index contributed by atoms with van der Waals surface area (Å²) in [6, 6.07) is 0. The molecule has 0 saturated carbocycles. The molecule has 0 unspecified atom stereocenters. The molecule has 244 valence electrons. The smallest absolute Gasteiger partial charge is 0.334 e. The van der Waals surface area contributed by atoms with Crippen molar-refractivity contribution < 1.29 is 34.3 Å². The number of rotatable bonds is 23. The van der Waals surface area contributed by atoms with Crippen molar-refractivity contribution in [2.45, 2.75) is 204 Å². The first-order chi connectivity index (χ1) is 20.4.